The second kappa shape index (κ2) is 3.42. The summed E-state index contributed by atoms with van der Waals surface area (Å²) in [5.74, 6) is 0.0422. The molecule has 2 N–H and O–H groups in total. The zero-order valence-electron chi connectivity index (χ0n) is 7.41. The molecule has 0 amide bonds. The number of rotatable bonds is 2. The minimum atomic E-state index is -0.415. The molecule has 1 aromatic heterocycles. The summed E-state index contributed by atoms with van der Waals surface area (Å²) in [4.78, 5) is 3.59. The Morgan fingerprint density at radius 3 is 2.85 bits per heavy atom. The van der Waals surface area contributed by atoms with Gasteiger partial charge in [0.2, 0.25) is 5.95 Å². The van der Waals surface area contributed by atoms with Crippen molar-refractivity contribution in [1.29, 1.82) is 0 Å². The van der Waals surface area contributed by atoms with Gasteiger partial charge in [0, 0.05) is 17.8 Å². The maximum absolute atomic E-state index is 13.2. The van der Waals surface area contributed by atoms with Crippen molar-refractivity contribution >= 4 is 0 Å². The van der Waals surface area contributed by atoms with Crippen LogP contribution in [0.15, 0.2) is 18.3 Å². The Hall–Kier alpha value is -0.960. The van der Waals surface area contributed by atoms with Crippen molar-refractivity contribution in [2.24, 2.45) is 11.7 Å². The topological polar surface area (TPSA) is 38.9 Å². The highest BCUT2D eigenvalue weighted by atomic mass is 19.1. The van der Waals surface area contributed by atoms with Gasteiger partial charge >= 0.3 is 0 Å². The van der Waals surface area contributed by atoms with Gasteiger partial charge in [0.1, 0.15) is 0 Å². The summed E-state index contributed by atoms with van der Waals surface area (Å²) in [6.07, 6.45) is 4.91. The van der Waals surface area contributed by atoms with Gasteiger partial charge in [0.05, 0.1) is 0 Å². The van der Waals surface area contributed by atoms with Gasteiger partial charge in [-0.15, -0.1) is 0 Å². The third-order valence-electron chi connectivity index (χ3n) is 2.80. The molecule has 0 spiro atoms. The van der Waals surface area contributed by atoms with E-state index in [0.29, 0.717) is 11.5 Å². The number of hydrogen-bond acceptors (Lipinski definition) is 2. The van der Waals surface area contributed by atoms with Crippen LogP contribution < -0.4 is 5.73 Å². The molecule has 70 valence electrons. The lowest BCUT2D eigenvalue weighted by atomic mass is 9.78. The first-order valence-electron chi connectivity index (χ1n) is 4.65. The molecule has 0 radical (unpaired) electrons. The molecule has 1 saturated carbocycles. The molecule has 0 aromatic carbocycles. The normalized spacial score (nSPS) is 19.5. The quantitative estimate of drug-likeness (QED) is 0.707. The van der Waals surface area contributed by atoms with Gasteiger partial charge < -0.3 is 5.73 Å². The summed E-state index contributed by atoms with van der Waals surface area (Å²) in [6, 6.07) is 3.30. The first-order chi connectivity index (χ1) is 6.29. The van der Waals surface area contributed by atoms with E-state index in [-0.39, 0.29) is 6.04 Å². The van der Waals surface area contributed by atoms with Gasteiger partial charge in [-0.05, 0) is 24.8 Å². The monoisotopic (exact) mass is 180 g/mol. The van der Waals surface area contributed by atoms with Gasteiger partial charge in [-0.3, -0.25) is 0 Å². The summed E-state index contributed by atoms with van der Waals surface area (Å²) in [5.41, 5.74) is 6.48. The van der Waals surface area contributed by atoms with Crippen LogP contribution in [0.1, 0.15) is 30.9 Å². The van der Waals surface area contributed by atoms with Crippen LogP contribution in [0.5, 0.6) is 0 Å². The van der Waals surface area contributed by atoms with Crippen LogP contribution in [0.2, 0.25) is 0 Å². The number of halogens is 1. The van der Waals surface area contributed by atoms with E-state index in [1.165, 1.54) is 12.6 Å². The average Bonchev–Trinajstić information content (AvgIpc) is 2.01. The summed E-state index contributed by atoms with van der Waals surface area (Å²) in [7, 11) is 0. The van der Waals surface area contributed by atoms with E-state index in [9.17, 15) is 4.39 Å². The number of nitrogens with zero attached hydrogens (tertiary/aromatic N) is 1. The number of aromatic nitrogens is 1. The van der Waals surface area contributed by atoms with Crippen molar-refractivity contribution in [3.8, 4) is 0 Å². The highest BCUT2D eigenvalue weighted by Gasteiger charge is 2.27. The minimum absolute atomic E-state index is 0.164. The van der Waals surface area contributed by atoms with Gasteiger partial charge in [-0.1, -0.05) is 12.5 Å². The van der Waals surface area contributed by atoms with Crippen LogP contribution in [0.3, 0.4) is 0 Å². The van der Waals surface area contributed by atoms with Crippen LogP contribution in [0.25, 0.3) is 0 Å². The Labute approximate surface area is 77.0 Å². The largest absolute Gasteiger partial charge is 0.324 e. The van der Waals surface area contributed by atoms with E-state index >= 15 is 0 Å². The molecule has 13 heavy (non-hydrogen) atoms. The van der Waals surface area contributed by atoms with E-state index in [0.717, 1.165) is 12.8 Å². The van der Waals surface area contributed by atoms with Crippen LogP contribution in [0.4, 0.5) is 4.39 Å². The van der Waals surface area contributed by atoms with Crippen LogP contribution in [0, 0.1) is 11.9 Å². The lowest BCUT2D eigenvalue weighted by Crippen LogP contribution is -2.27. The van der Waals surface area contributed by atoms with Gasteiger partial charge in [-0.25, -0.2) is 4.98 Å². The molecule has 0 aliphatic heterocycles. The Morgan fingerprint density at radius 2 is 2.31 bits per heavy atom. The van der Waals surface area contributed by atoms with E-state index in [1.54, 1.807) is 12.1 Å². The fourth-order valence-electron chi connectivity index (χ4n) is 1.70. The molecule has 1 aromatic rings. The Morgan fingerprint density at radius 1 is 1.54 bits per heavy atom. The van der Waals surface area contributed by atoms with Crippen molar-refractivity contribution < 1.29 is 4.39 Å². The highest BCUT2D eigenvalue weighted by molar-refractivity contribution is 5.16. The maximum Gasteiger partial charge on any atom is 0.217 e. The molecule has 1 aliphatic rings. The Balaban J connectivity index is 2.18. The molecular weight excluding hydrogens is 167 g/mol. The summed E-state index contributed by atoms with van der Waals surface area (Å²) in [6.45, 7) is 0. The maximum atomic E-state index is 13.2. The molecule has 1 aliphatic carbocycles. The molecule has 0 bridgehead atoms. The predicted molar refractivity (Wildman–Crippen MR) is 48.5 cm³/mol. The molecule has 2 rings (SSSR count). The Bertz CT molecular complexity index is 297. The Kier molecular flexibility index (Phi) is 2.27. The summed E-state index contributed by atoms with van der Waals surface area (Å²) < 4.78 is 13.2. The minimum Gasteiger partial charge on any atom is -0.324 e. The lowest BCUT2D eigenvalue weighted by molar-refractivity contribution is 0.259. The van der Waals surface area contributed by atoms with Gasteiger partial charge in [0.15, 0.2) is 0 Å². The molecular formula is C10H13FN2. The van der Waals surface area contributed by atoms with E-state index in [4.69, 9.17) is 5.73 Å². The van der Waals surface area contributed by atoms with Crippen LogP contribution >= 0.6 is 0 Å². The first kappa shape index (κ1) is 8.63. The van der Waals surface area contributed by atoms with Crippen molar-refractivity contribution in [2.45, 2.75) is 25.3 Å². The fraction of sp³-hybridized carbons (Fsp3) is 0.500. The highest BCUT2D eigenvalue weighted by Crippen LogP contribution is 2.36. The van der Waals surface area contributed by atoms with Crippen molar-refractivity contribution in [3.05, 3.63) is 29.8 Å². The number of hydrogen-bond donors (Lipinski definition) is 1. The van der Waals surface area contributed by atoms with Crippen LogP contribution in [-0.2, 0) is 0 Å². The number of nitrogens with two attached hydrogens (primary N) is 1. The van der Waals surface area contributed by atoms with Gasteiger partial charge in [-0.2, -0.15) is 4.39 Å². The predicted octanol–water partition coefficient (Wildman–Crippen LogP) is 2.02. The lowest BCUT2D eigenvalue weighted by Gasteiger charge is -2.31. The van der Waals surface area contributed by atoms with Crippen LogP contribution in [-0.4, -0.2) is 4.98 Å². The molecule has 3 heteroatoms. The third kappa shape index (κ3) is 1.56. The first-order valence-corrected chi connectivity index (χ1v) is 4.65. The zero-order chi connectivity index (χ0) is 9.26. The van der Waals surface area contributed by atoms with Crippen molar-refractivity contribution in [2.75, 3.05) is 0 Å². The number of pyridine rings is 1. The average molecular weight is 180 g/mol. The van der Waals surface area contributed by atoms with E-state index < -0.39 is 5.95 Å². The molecule has 1 fully saturated rings. The molecule has 1 heterocycles. The fourth-order valence-corrected chi connectivity index (χ4v) is 1.70. The van der Waals surface area contributed by atoms with Gasteiger partial charge in [0.25, 0.3) is 0 Å². The third-order valence-corrected chi connectivity index (χ3v) is 2.80. The SMILES string of the molecule is N[C@H](c1cccnc1F)C1CCC1. The van der Waals surface area contributed by atoms with E-state index in [2.05, 4.69) is 4.98 Å². The molecule has 0 unspecified atom stereocenters. The summed E-state index contributed by atoms with van der Waals surface area (Å²) >= 11 is 0. The second-order valence-electron chi connectivity index (χ2n) is 3.60. The van der Waals surface area contributed by atoms with Crippen molar-refractivity contribution in [1.82, 2.24) is 4.98 Å². The summed E-state index contributed by atoms with van der Waals surface area (Å²) in [5, 5.41) is 0. The standard InChI is InChI=1S/C10H13FN2/c11-10-8(5-2-6-13-10)9(12)7-3-1-4-7/h2,5-7,9H,1,3-4,12H2/t9-/m0/s1. The molecule has 1 atom stereocenters. The molecule has 0 saturated heterocycles. The van der Waals surface area contributed by atoms with Crippen molar-refractivity contribution in [3.63, 3.8) is 0 Å². The molecule has 2 nitrogen and oxygen atoms in total. The van der Waals surface area contributed by atoms with E-state index in [1.807, 2.05) is 0 Å². The second-order valence-corrected chi connectivity index (χ2v) is 3.60. The zero-order valence-corrected chi connectivity index (χ0v) is 7.41. The smallest absolute Gasteiger partial charge is 0.217 e.